The summed E-state index contributed by atoms with van der Waals surface area (Å²) in [5, 5.41) is 9.35. The van der Waals surface area contributed by atoms with E-state index in [1.165, 1.54) is 18.7 Å². The van der Waals surface area contributed by atoms with Crippen LogP contribution in [0.5, 0.6) is 11.5 Å². The third-order valence-corrected chi connectivity index (χ3v) is 7.42. The molecule has 0 bridgehead atoms. The Labute approximate surface area is 208 Å². The molecule has 4 aromatic carbocycles. The molecule has 1 aliphatic rings. The van der Waals surface area contributed by atoms with Gasteiger partial charge in [0.25, 0.3) is 0 Å². The summed E-state index contributed by atoms with van der Waals surface area (Å²) in [4.78, 5) is 13.8. The molecule has 0 unspecified atom stereocenters. The maximum atomic E-state index is 12.1. The second-order valence-corrected chi connectivity index (χ2v) is 9.70. The molecule has 0 saturated heterocycles. The molecule has 8 heteroatoms. The van der Waals surface area contributed by atoms with Crippen molar-refractivity contribution in [1.29, 1.82) is 0 Å². The highest BCUT2D eigenvalue weighted by Gasteiger charge is 2.29. The van der Waals surface area contributed by atoms with Gasteiger partial charge in [-0.05, 0) is 36.4 Å². The second kappa shape index (κ2) is 8.82. The molecule has 5 rings (SSSR count). The molecule has 0 aliphatic carbocycles. The minimum atomic E-state index is -0.396. The molecular weight excluding hydrogens is 524 g/mol. The molecular formula is C25H18BrClN2O3S. The average Bonchev–Trinajstić information content (AvgIpc) is 2.82. The number of carbonyl (C=O) groups excluding carboxylic acids is 1. The lowest BCUT2D eigenvalue weighted by Gasteiger charge is -2.28. The minimum Gasteiger partial charge on any atom is -0.495 e. The number of hydrogen-bond donors (Lipinski definition) is 2. The summed E-state index contributed by atoms with van der Waals surface area (Å²) in [7, 11) is 1.63. The van der Waals surface area contributed by atoms with Gasteiger partial charge in [0, 0.05) is 27.9 Å². The monoisotopic (exact) mass is 540 g/mol. The van der Waals surface area contributed by atoms with Gasteiger partial charge in [-0.15, -0.1) is 0 Å². The lowest BCUT2D eigenvalue weighted by atomic mass is 10.0. The number of carbonyl (C=O) groups is 1. The maximum absolute atomic E-state index is 12.1. The third kappa shape index (κ3) is 4.01. The Morgan fingerprint density at radius 1 is 1.00 bits per heavy atom. The standard InChI is InChI=1S/C25H18BrClN2O3S/c1-13(30)32-23-17-6-4-3-5-16(17)20-25(22(23)28-15-9-7-14(26)8-10-15)33-24-18(27)11-12-19(31-2)21(24)29-20/h3-12,28-29H,1-2H3. The van der Waals surface area contributed by atoms with Crippen molar-refractivity contribution in [2.75, 3.05) is 17.7 Å². The van der Waals surface area contributed by atoms with E-state index in [1.807, 2.05) is 60.7 Å². The molecule has 1 heterocycles. The zero-order valence-electron chi connectivity index (χ0n) is 17.7. The highest BCUT2D eigenvalue weighted by Crippen LogP contribution is 2.58. The molecule has 2 N–H and O–H groups in total. The summed E-state index contributed by atoms with van der Waals surface area (Å²) in [5.41, 5.74) is 3.23. The molecule has 166 valence electrons. The molecule has 1 aliphatic heterocycles. The van der Waals surface area contributed by atoms with Crippen LogP contribution < -0.4 is 20.1 Å². The number of methoxy groups -OCH3 is 1. The van der Waals surface area contributed by atoms with Crippen LogP contribution in [0.15, 0.2) is 74.9 Å². The summed E-state index contributed by atoms with van der Waals surface area (Å²) < 4.78 is 12.3. The van der Waals surface area contributed by atoms with Gasteiger partial charge in [0.15, 0.2) is 5.75 Å². The Kier molecular flexibility index (Phi) is 5.86. The first kappa shape index (κ1) is 21.9. The van der Waals surface area contributed by atoms with Crippen molar-refractivity contribution in [2.24, 2.45) is 0 Å². The van der Waals surface area contributed by atoms with Crippen molar-refractivity contribution < 1.29 is 14.3 Å². The van der Waals surface area contributed by atoms with Crippen LogP contribution in [0.3, 0.4) is 0 Å². The van der Waals surface area contributed by atoms with Gasteiger partial charge in [0.2, 0.25) is 0 Å². The molecule has 33 heavy (non-hydrogen) atoms. The van der Waals surface area contributed by atoms with Gasteiger partial charge in [0.05, 0.1) is 39.0 Å². The maximum Gasteiger partial charge on any atom is 0.308 e. The Morgan fingerprint density at radius 3 is 2.42 bits per heavy atom. The number of anilines is 4. The van der Waals surface area contributed by atoms with Gasteiger partial charge < -0.3 is 20.1 Å². The van der Waals surface area contributed by atoms with Crippen molar-refractivity contribution in [1.82, 2.24) is 0 Å². The van der Waals surface area contributed by atoms with Crippen LogP contribution in [-0.2, 0) is 4.79 Å². The van der Waals surface area contributed by atoms with E-state index in [0.717, 1.165) is 42.1 Å². The number of benzene rings is 4. The minimum absolute atomic E-state index is 0.396. The van der Waals surface area contributed by atoms with Crippen LogP contribution in [0.25, 0.3) is 10.8 Å². The van der Waals surface area contributed by atoms with E-state index in [0.29, 0.717) is 22.2 Å². The summed E-state index contributed by atoms with van der Waals surface area (Å²) in [6.45, 7) is 1.40. The molecule has 0 radical (unpaired) electrons. The molecule has 0 atom stereocenters. The number of halogens is 2. The zero-order valence-corrected chi connectivity index (χ0v) is 20.8. The molecule has 0 fully saturated rings. The first-order chi connectivity index (χ1) is 16.0. The Bertz CT molecular complexity index is 1410. The van der Waals surface area contributed by atoms with Crippen molar-refractivity contribution in [3.8, 4) is 11.5 Å². The van der Waals surface area contributed by atoms with E-state index >= 15 is 0 Å². The number of hydrogen-bond acceptors (Lipinski definition) is 6. The summed E-state index contributed by atoms with van der Waals surface area (Å²) in [6.07, 6.45) is 0. The number of rotatable bonds is 4. The lowest BCUT2D eigenvalue weighted by Crippen LogP contribution is -2.10. The van der Waals surface area contributed by atoms with Crippen LogP contribution >= 0.6 is 39.3 Å². The Balaban J connectivity index is 1.79. The molecule has 0 spiro atoms. The van der Waals surface area contributed by atoms with Crippen LogP contribution in [0, 0.1) is 0 Å². The van der Waals surface area contributed by atoms with Crippen LogP contribution in [0.4, 0.5) is 22.7 Å². The number of esters is 1. The smallest absolute Gasteiger partial charge is 0.308 e. The highest BCUT2D eigenvalue weighted by atomic mass is 79.9. The fourth-order valence-electron chi connectivity index (χ4n) is 3.81. The van der Waals surface area contributed by atoms with Crippen molar-refractivity contribution >= 4 is 78.8 Å². The Hall–Kier alpha value is -2.87. The quantitative estimate of drug-likeness (QED) is 0.177. The molecule has 0 aromatic heterocycles. The fraction of sp³-hybridized carbons (Fsp3) is 0.0800. The largest absolute Gasteiger partial charge is 0.495 e. The molecule has 0 amide bonds. The normalized spacial score (nSPS) is 11.9. The fourth-order valence-corrected chi connectivity index (χ4v) is 5.48. The lowest BCUT2D eigenvalue weighted by molar-refractivity contribution is -0.131. The van der Waals surface area contributed by atoms with Crippen LogP contribution in [0.2, 0.25) is 5.02 Å². The van der Waals surface area contributed by atoms with Gasteiger partial charge >= 0.3 is 5.97 Å². The Morgan fingerprint density at radius 2 is 1.73 bits per heavy atom. The number of fused-ring (bicyclic) bond motifs is 4. The summed E-state index contributed by atoms with van der Waals surface area (Å²) >= 11 is 11.6. The van der Waals surface area contributed by atoms with Gasteiger partial charge in [-0.1, -0.05) is 63.6 Å². The van der Waals surface area contributed by atoms with E-state index in [4.69, 9.17) is 21.1 Å². The van der Waals surface area contributed by atoms with E-state index < -0.39 is 5.97 Å². The number of ether oxygens (including phenoxy) is 2. The topological polar surface area (TPSA) is 59.6 Å². The van der Waals surface area contributed by atoms with Crippen molar-refractivity contribution in [3.63, 3.8) is 0 Å². The van der Waals surface area contributed by atoms with E-state index in [1.54, 1.807) is 7.11 Å². The predicted octanol–water partition coefficient (Wildman–Crippen LogP) is 8.14. The molecule has 5 nitrogen and oxygen atoms in total. The number of nitrogens with one attached hydrogen (secondary N) is 2. The van der Waals surface area contributed by atoms with Crippen molar-refractivity contribution in [2.45, 2.75) is 16.7 Å². The van der Waals surface area contributed by atoms with Gasteiger partial charge in [-0.2, -0.15) is 0 Å². The molecule has 4 aromatic rings. The SMILES string of the molecule is COc1ccc(Cl)c2c1Nc1c(c(Nc3ccc(Br)cc3)c(OC(C)=O)c3ccccc13)S2. The predicted molar refractivity (Wildman–Crippen MR) is 138 cm³/mol. The second-order valence-electron chi connectivity index (χ2n) is 7.36. The average molecular weight is 542 g/mol. The van der Waals surface area contributed by atoms with Crippen LogP contribution in [-0.4, -0.2) is 13.1 Å². The van der Waals surface area contributed by atoms with Gasteiger partial charge in [0.1, 0.15) is 5.75 Å². The van der Waals surface area contributed by atoms with Crippen molar-refractivity contribution in [3.05, 3.63) is 70.2 Å². The van der Waals surface area contributed by atoms with E-state index in [9.17, 15) is 4.79 Å². The summed E-state index contributed by atoms with van der Waals surface area (Å²) in [5.74, 6) is 0.771. The van der Waals surface area contributed by atoms with Gasteiger partial charge in [-0.3, -0.25) is 4.79 Å². The first-order valence-corrected chi connectivity index (χ1v) is 12.1. The third-order valence-electron chi connectivity index (χ3n) is 5.23. The van der Waals surface area contributed by atoms with E-state index in [2.05, 4.69) is 26.6 Å². The van der Waals surface area contributed by atoms with Crippen LogP contribution in [0.1, 0.15) is 6.92 Å². The van der Waals surface area contributed by atoms with Gasteiger partial charge in [-0.25, -0.2) is 0 Å². The molecule has 0 saturated carbocycles. The summed E-state index contributed by atoms with van der Waals surface area (Å²) in [6, 6.07) is 19.3. The first-order valence-electron chi connectivity index (χ1n) is 10.1. The van der Waals surface area contributed by atoms with E-state index in [-0.39, 0.29) is 0 Å². The highest BCUT2D eigenvalue weighted by molar-refractivity contribution is 9.10. The zero-order chi connectivity index (χ0) is 23.1.